The molecule has 1 fully saturated rings. The van der Waals surface area contributed by atoms with Crippen molar-refractivity contribution in [3.05, 3.63) is 76.9 Å². The Morgan fingerprint density at radius 3 is 2.62 bits per heavy atom. The van der Waals surface area contributed by atoms with Gasteiger partial charge in [0.05, 0.1) is 0 Å². The van der Waals surface area contributed by atoms with Crippen molar-refractivity contribution in [1.82, 2.24) is 4.90 Å². The molecule has 198 valence electrons. The van der Waals surface area contributed by atoms with Gasteiger partial charge in [0.1, 0.15) is 11.5 Å². The van der Waals surface area contributed by atoms with Crippen molar-refractivity contribution < 1.29 is 19.1 Å². The first-order valence-electron chi connectivity index (χ1n) is 12.9. The topological polar surface area (TPSA) is 55.8 Å². The third-order valence-corrected chi connectivity index (χ3v) is 7.88. The number of benzene rings is 2. The summed E-state index contributed by atoms with van der Waals surface area (Å²) in [5, 5.41) is 0. The van der Waals surface area contributed by atoms with Gasteiger partial charge in [-0.15, -0.1) is 12.4 Å². The number of allylic oxidation sites excluding steroid dienone is 1. The monoisotopic (exact) mass is 523 g/mol. The molecule has 1 aliphatic carbocycles. The van der Waals surface area contributed by atoms with Gasteiger partial charge in [-0.25, -0.2) is 4.79 Å². The molecule has 2 bridgehead atoms. The average Bonchev–Trinajstić information content (AvgIpc) is 2.85. The van der Waals surface area contributed by atoms with Gasteiger partial charge in [-0.2, -0.15) is 0 Å². The number of esters is 2. The summed E-state index contributed by atoms with van der Waals surface area (Å²) >= 11 is 0. The molecule has 5 nitrogen and oxygen atoms in total. The molecule has 2 aliphatic rings. The minimum atomic E-state index is -0.463. The van der Waals surface area contributed by atoms with Crippen LogP contribution in [-0.2, 0) is 21.4 Å². The normalized spacial score (nSPS) is 22.5. The molecular formula is C31H38ClNO4. The predicted octanol–water partition coefficient (Wildman–Crippen LogP) is 6.53. The van der Waals surface area contributed by atoms with Crippen LogP contribution in [0.5, 0.6) is 11.5 Å². The summed E-state index contributed by atoms with van der Waals surface area (Å²) in [5.41, 5.74) is 4.72. The van der Waals surface area contributed by atoms with Crippen molar-refractivity contribution in [2.75, 3.05) is 13.1 Å². The number of hydrogen-bond donors (Lipinski definition) is 0. The third-order valence-electron chi connectivity index (χ3n) is 7.88. The van der Waals surface area contributed by atoms with Gasteiger partial charge in [0.2, 0.25) is 0 Å². The van der Waals surface area contributed by atoms with Crippen LogP contribution in [0.25, 0.3) is 6.08 Å². The number of carbonyl (C=O) groups is 2. The lowest BCUT2D eigenvalue weighted by Crippen LogP contribution is -2.57. The fourth-order valence-corrected chi connectivity index (χ4v) is 5.49. The number of carbonyl (C=O) groups excluding carboxylic acids is 2. The van der Waals surface area contributed by atoms with Crippen LogP contribution in [0.15, 0.2) is 60.2 Å². The Hall–Kier alpha value is -2.89. The highest BCUT2D eigenvalue weighted by atomic mass is 35.5. The summed E-state index contributed by atoms with van der Waals surface area (Å²) < 4.78 is 11.0. The molecule has 4 rings (SSSR count). The molecule has 2 aromatic carbocycles. The maximum absolute atomic E-state index is 12.6. The van der Waals surface area contributed by atoms with Gasteiger partial charge in [-0.05, 0) is 80.0 Å². The van der Waals surface area contributed by atoms with Crippen LogP contribution in [0.3, 0.4) is 0 Å². The number of piperidine rings is 1. The largest absolute Gasteiger partial charge is 0.426 e. The number of rotatable bonds is 7. The van der Waals surface area contributed by atoms with Crippen molar-refractivity contribution >= 4 is 30.4 Å². The molecular weight excluding hydrogens is 486 g/mol. The van der Waals surface area contributed by atoms with E-state index >= 15 is 0 Å². The summed E-state index contributed by atoms with van der Waals surface area (Å²) in [7, 11) is 0. The van der Waals surface area contributed by atoms with Gasteiger partial charge < -0.3 is 9.47 Å². The Bertz CT molecular complexity index is 1200. The number of hydrogen-bond acceptors (Lipinski definition) is 5. The number of para-hydroxylation sites is 1. The second-order valence-electron chi connectivity index (χ2n) is 10.4. The van der Waals surface area contributed by atoms with Crippen LogP contribution in [0, 0.1) is 5.92 Å². The van der Waals surface area contributed by atoms with E-state index in [1.165, 1.54) is 22.8 Å². The molecule has 1 heterocycles. The van der Waals surface area contributed by atoms with Crippen LogP contribution < -0.4 is 9.47 Å². The molecule has 3 atom stereocenters. The van der Waals surface area contributed by atoms with Gasteiger partial charge in [0.15, 0.2) is 0 Å². The standard InChI is InChI=1S/C31H37NO4.ClH/c1-6-29(33)36-28-10-8-7-9-23(28)12-14-30(34)35-25-13-11-24-19-27-22(4)31(5,26(24)20-25)16-18-32(27)17-15-21(2)3;/h7-15,20,22,27H,6,16-19H2,1-5H3;1H/b14-12-;/t22-,27-,31-;/m1./s1. The van der Waals surface area contributed by atoms with Gasteiger partial charge in [-0.3, -0.25) is 9.69 Å². The SMILES string of the molecule is CCC(=O)Oc1ccccc1/C=C\C(=O)Oc1ccc2c(c1)[C@]1(C)CCN(CC=C(C)C)[C@H](C2)[C@H]1C.Cl. The quantitative estimate of drug-likeness (QED) is 0.179. The fourth-order valence-electron chi connectivity index (χ4n) is 5.49. The third kappa shape index (κ3) is 6.34. The molecule has 0 radical (unpaired) electrons. The maximum Gasteiger partial charge on any atom is 0.336 e. The minimum absolute atomic E-state index is 0. The first-order chi connectivity index (χ1) is 17.2. The smallest absolute Gasteiger partial charge is 0.336 e. The molecule has 0 amide bonds. The number of halogens is 1. The number of fused-ring (bicyclic) bond motifs is 4. The van der Waals surface area contributed by atoms with E-state index in [1.807, 2.05) is 12.1 Å². The highest BCUT2D eigenvalue weighted by Crippen LogP contribution is 2.49. The Morgan fingerprint density at radius 1 is 1.14 bits per heavy atom. The Morgan fingerprint density at radius 2 is 1.89 bits per heavy atom. The van der Waals surface area contributed by atoms with E-state index in [0.717, 1.165) is 25.9 Å². The molecule has 1 aliphatic heterocycles. The van der Waals surface area contributed by atoms with E-state index in [4.69, 9.17) is 9.47 Å². The van der Waals surface area contributed by atoms with Crippen molar-refractivity contribution in [1.29, 1.82) is 0 Å². The van der Waals surface area contributed by atoms with Crippen molar-refractivity contribution in [3.8, 4) is 11.5 Å². The summed E-state index contributed by atoms with van der Waals surface area (Å²) in [6, 6.07) is 13.7. The lowest BCUT2D eigenvalue weighted by molar-refractivity contribution is -0.134. The summed E-state index contributed by atoms with van der Waals surface area (Å²) in [6.45, 7) is 12.9. The Balaban J connectivity index is 0.00000380. The molecule has 0 aromatic heterocycles. The highest BCUT2D eigenvalue weighted by molar-refractivity contribution is 5.89. The number of ether oxygens (including phenoxy) is 2. The molecule has 1 saturated heterocycles. The predicted molar refractivity (Wildman–Crippen MR) is 150 cm³/mol. The van der Waals surface area contributed by atoms with E-state index in [2.05, 4.69) is 50.8 Å². The molecule has 37 heavy (non-hydrogen) atoms. The minimum Gasteiger partial charge on any atom is -0.426 e. The van der Waals surface area contributed by atoms with E-state index in [1.54, 1.807) is 31.2 Å². The lowest BCUT2D eigenvalue weighted by atomic mass is 9.59. The van der Waals surface area contributed by atoms with E-state index in [9.17, 15) is 9.59 Å². The molecule has 0 saturated carbocycles. The van der Waals surface area contributed by atoms with E-state index in [0.29, 0.717) is 29.0 Å². The molecule has 6 heteroatoms. The molecule has 0 spiro atoms. The van der Waals surface area contributed by atoms with Crippen molar-refractivity contribution in [2.45, 2.75) is 65.3 Å². The van der Waals surface area contributed by atoms with Crippen molar-refractivity contribution in [3.63, 3.8) is 0 Å². The molecule has 0 unspecified atom stereocenters. The number of likely N-dealkylation sites (tertiary alicyclic amines) is 1. The molecule has 2 aromatic rings. The fraction of sp³-hybridized carbons (Fsp3) is 0.419. The lowest BCUT2D eigenvalue weighted by Gasteiger charge is -2.54. The second kappa shape index (κ2) is 12.1. The summed E-state index contributed by atoms with van der Waals surface area (Å²) in [4.78, 5) is 27.0. The van der Waals surface area contributed by atoms with Gasteiger partial charge >= 0.3 is 11.9 Å². The highest BCUT2D eigenvalue weighted by Gasteiger charge is 2.48. The van der Waals surface area contributed by atoms with Crippen LogP contribution in [0.2, 0.25) is 0 Å². The van der Waals surface area contributed by atoms with E-state index in [-0.39, 0.29) is 30.2 Å². The van der Waals surface area contributed by atoms with Crippen LogP contribution in [0.4, 0.5) is 0 Å². The average molecular weight is 524 g/mol. The van der Waals surface area contributed by atoms with Gasteiger partial charge in [0.25, 0.3) is 0 Å². The summed E-state index contributed by atoms with van der Waals surface area (Å²) in [6.07, 6.45) is 7.70. The zero-order valence-corrected chi connectivity index (χ0v) is 23.3. The maximum atomic E-state index is 12.6. The van der Waals surface area contributed by atoms with Gasteiger partial charge in [-0.1, -0.05) is 56.7 Å². The van der Waals surface area contributed by atoms with Gasteiger partial charge in [0, 0.05) is 30.6 Å². The van der Waals surface area contributed by atoms with Crippen LogP contribution in [0.1, 0.15) is 64.2 Å². The number of nitrogens with zero attached hydrogens (tertiary/aromatic N) is 1. The first kappa shape index (κ1) is 28.7. The molecule has 0 N–H and O–H groups in total. The second-order valence-corrected chi connectivity index (χ2v) is 10.4. The van der Waals surface area contributed by atoms with Crippen molar-refractivity contribution in [2.24, 2.45) is 5.92 Å². The summed E-state index contributed by atoms with van der Waals surface area (Å²) in [5.74, 6) is 0.718. The van der Waals surface area contributed by atoms with Crippen LogP contribution >= 0.6 is 12.4 Å². The zero-order valence-electron chi connectivity index (χ0n) is 22.5. The Labute approximate surface area is 226 Å². The first-order valence-corrected chi connectivity index (χ1v) is 12.9. The van der Waals surface area contributed by atoms with Crippen LogP contribution in [-0.4, -0.2) is 36.0 Å². The zero-order chi connectivity index (χ0) is 25.9. The Kier molecular flexibility index (Phi) is 9.38. The van der Waals surface area contributed by atoms with E-state index < -0.39 is 5.97 Å².